The van der Waals surface area contributed by atoms with E-state index in [1.807, 2.05) is 0 Å². The molecule has 1 saturated heterocycles. The van der Waals surface area contributed by atoms with Gasteiger partial charge in [-0.05, 0) is 24.7 Å². The molecule has 0 aliphatic carbocycles. The molecule has 8 nitrogen and oxygen atoms in total. The van der Waals surface area contributed by atoms with E-state index >= 15 is 0 Å². The molecule has 18 heavy (non-hydrogen) atoms. The summed E-state index contributed by atoms with van der Waals surface area (Å²) in [6, 6.07) is 0.00625. The van der Waals surface area contributed by atoms with Crippen LogP contribution in [-0.2, 0) is 0 Å². The van der Waals surface area contributed by atoms with Crippen LogP contribution in [0.4, 0.5) is 5.82 Å². The Balaban J connectivity index is 2.29. The largest absolute Gasteiger partial charge is 0.448 e. The summed E-state index contributed by atoms with van der Waals surface area (Å²) in [5, 5.41) is 10.9. The van der Waals surface area contributed by atoms with E-state index in [1.54, 1.807) is 11.8 Å². The normalized spacial score (nSPS) is 14.8. The Morgan fingerprint density at radius 3 is 2.78 bits per heavy atom. The second-order valence-corrected chi connectivity index (χ2v) is 3.93. The van der Waals surface area contributed by atoms with Crippen molar-refractivity contribution in [2.24, 2.45) is 0 Å². The number of amides is 1. The molecule has 0 aromatic carbocycles. The standard InChI is InChI=1S/C10H14N4O4/c1-2-18-10-11-7(8(12-10)14(16)17)9(15)13-5-3-4-6-13/h2-6H2,1H3,(H,11,12). The Morgan fingerprint density at radius 2 is 2.22 bits per heavy atom. The highest BCUT2D eigenvalue weighted by atomic mass is 16.6. The van der Waals surface area contributed by atoms with Crippen molar-refractivity contribution in [3.05, 3.63) is 15.8 Å². The van der Waals surface area contributed by atoms with Gasteiger partial charge < -0.3 is 19.8 Å². The smallest absolute Gasteiger partial charge is 0.389 e. The first-order chi connectivity index (χ1) is 8.63. The van der Waals surface area contributed by atoms with Gasteiger partial charge in [0.25, 0.3) is 5.91 Å². The lowest BCUT2D eigenvalue weighted by atomic mass is 10.4. The van der Waals surface area contributed by atoms with Gasteiger partial charge in [0.05, 0.1) is 6.61 Å². The van der Waals surface area contributed by atoms with Gasteiger partial charge in [-0.15, -0.1) is 0 Å². The molecule has 1 N–H and O–H groups in total. The van der Waals surface area contributed by atoms with Crippen LogP contribution in [0.15, 0.2) is 0 Å². The second kappa shape index (κ2) is 5.03. The topological polar surface area (TPSA) is 101 Å². The van der Waals surface area contributed by atoms with Crippen molar-refractivity contribution in [2.45, 2.75) is 19.8 Å². The van der Waals surface area contributed by atoms with E-state index < -0.39 is 16.6 Å². The van der Waals surface area contributed by atoms with E-state index in [2.05, 4.69) is 9.97 Å². The average molecular weight is 254 g/mol. The zero-order valence-corrected chi connectivity index (χ0v) is 10.0. The first-order valence-corrected chi connectivity index (χ1v) is 5.80. The lowest BCUT2D eigenvalue weighted by Crippen LogP contribution is -2.28. The Kier molecular flexibility index (Phi) is 3.45. The van der Waals surface area contributed by atoms with Crippen molar-refractivity contribution < 1.29 is 14.5 Å². The number of rotatable bonds is 4. The van der Waals surface area contributed by atoms with Gasteiger partial charge in [0.15, 0.2) is 0 Å². The van der Waals surface area contributed by atoms with Crippen molar-refractivity contribution in [3.63, 3.8) is 0 Å². The molecule has 1 fully saturated rings. The van der Waals surface area contributed by atoms with Crippen molar-refractivity contribution >= 4 is 11.7 Å². The molecule has 0 unspecified atom stereocenters. The van der Waals surface area contributed by atoms with Gasteiger partial charge in [-0.2, -0.15) is 9.97 Å². The van der Waals surface area contributed by atoms with Crippen molar-refractivity contribution in [1.29, 1.82) is 0 Å². The minimum Gasteiger partial charge on any atom is -0.448 e. The van der Waals surface area contributed by atoms with Crippen LogP contribution >= 0.6 is 0 Å². The quantitative estimate of drug-likeness (QED) is 0.636. The third kappa shape index (κ3) is 2.27. The molecule has 1 aliphatic heterocycles. The van der Waals surface area contributed by atoms with Crippen LogP contribution in [-0.4, -0.2) is 45.4 Å². The molecule has 0 atom stereocenters. The number of carbonyl (C=O) groups excluding carboxylic acids is 1. The Labute approximate surface area is 103 Å². The van der Waals surface area contributed by atoms with E-state index in [-0.39, 0.29) is 11.7 Å². The summed E-state index contributed by atoms with van der Waals surface area (Å²) in [5.41, 5.74) is -0.176. The number of aromatic amines is 1. The predicted octanol–water partition coefficient (Wildman–Crippen LogP) is 0.953. The van der Waals surface area contributed by atoms with E-state index in [0.717, 1.165) is 12.8 Å². The lowest BCUT2D eigenvalue weighted by molar-refractivity contribution is -0.389. The fourth-order valence-corrected chi connectivity index (χ4v) is 1.90. The van der Waals surface area contributed by atoms with Crippen molar-refractivity contribution in [3.8, 4) is 6.01 Å². The predicted molar refractivity (Wildman–Crippen MR) is 61.5 cm³/mol. The summed E-state index contributed by atoms with van der Waals surface area (Å²) in [6.07, 6.45) is 1.84. The maximum absolute atomic E-state index is 12.1. The number of hydrogen-bond acceptors (Lipinski definition) is 5. The SMILES string of the molecule is CCOc1nc(C(=O)N2CCCC2)c([N+](=O)[O-])[nH]1. The number of nitro groups is 1. The molecule has 1 aliphatic rings. The number of ether oxygens (including phenoxy) is 1. The van der Waals surface area contributed by atoms with Crippen LogP contribution in [0.5, 0.6) is 6.01 Å². The third-order valence-electron chi connectivity index (χ3n) is 2.72. The maximum atomic E-state index is 12.1. The number of likely N-dealkylation sites (tertiary alicyclic amines) is 1. The fraction of sp³-hybridized carbons (Fsp3) is 0.600. The van der Waals surface area contributed by atoms with E-state index in [4.69, 9.17) is 4.74 Å². The molecule has 2 heterocycles. The van der Waals surface area contributed by atoms with Crippen LogP contribution in [0, 0.1) is 10.1 Å². The number of imidazole rings is 1. The number of H-pyrrole nitrogens is 1. The van der Waals surface area contributed by atoms with Gasteiger partial charge in [-0.25, -0.2) is 0 Å². The summed E-state index contributed by atoms with van der Waals surface area (Å²) < 4.78 is 5.05. The molecule has 0 saturated carbocycles. The minimum atomic E-state index is -0.654. The van der Waals surface area contributed by atoms with Crippen LogP contribution in [0.2, 0.25) is 0 Å². The van der Waals surface area contributed by atoms with Crippen molar-refractivity contribution in [1.82, 2.24) is 14.9 Å². The highest BCUT2D eigenvalue weighted by molar-refractivity contribution is 5.96. The van der Waals surface area contributed by atoms with Gasteiger partial charge >= 0.3 is 11.8 Å². The van der Waals surface area contributed by atoms with Gasteiger partial charge in [0.1, 0.15) is 0 Å². The maximum Gasteiger partial charge on any atom is 0.389 e. The number of aromatic nitrogens is 2. The second-order valence-electron chi connectivity index (χ2n) is 3.93. The molecule has 0 radical (unpaired) electrons. The average Bonchev–Trinajstić information content (AvgIpc) is 2.97. The number of nitrogens with zero attached hydrogens (tertiary/aromatic N) is 3. The third-order valence-corrected chi connectivity index (χ3v) is 2.72. The number of hydrogen-bond donors (Lipinski definition) is 1. The molecule has 1 aromatic heterocycles. The van der Waals surface area contributed by atoms with Gasteiger partial charge in [0.2, 0.25) is 5.69 Å². The highest BCUT2D eigenvalue weighted by Crippen LogP contribution is 2.22. The molecule has 0 bridgehead atoms. The lowest BCUT2D eigenvalue weighted by Gasteiger charge is -2.12. The minimum absolute atomic E-state index is 0.00625. The van der Waals surface area contributed by atoms with E-state index in [1.165, 1.54) is 0 Å². The molecular formula is C10H14N4O4. The van der Waals surface area contributed by atoms with E-state index in [0.29, 0.717) is 19.7 Å². The zero-order valence-electron chi connectivity index (χ0n) is 10.0. The summed E-state index contributed by atoms with van der Waals surface area (Å²) in [4.78, 5) is 30.1. The van der Waals surface area contributed by atoms with Crippen LogP contribution in [0.3, 0.4) is 0 Å². The van der Waals surface area contributed by atoms with Crippen molar-refractivity contribution in [2.75, 3.05) is 19.7 Å². The summed E-state index contributed by atoms with van der Waals surface area (Å²) in [7, 11) is 0. The molecule has 0 spiro atoms. The summed E-state index contributed by atoms with van der Waals surface area (Å²) >= 11 is 0. The zero-order chi connectivity index (χ0) is 13.1. The molecule has 98 valence electrons. The van der Waals surface area contributed by atoms with Crippen LogP contribution < -0.4 is 4.74 Å². The van der Waals surface area contributed by atoms with E-state index in [9.17, 15) is 14.9 Å². The molecule has 8 heteroatoms. The molecule has 1 amide bonds. The fourth-order valence-electron chi connectivity index (χ4n) is 1.90. The molecule has 1 aromatic rings. The summed E-state index contributed by atoms with van der Waals surface area (Å²) in [5.74, 6) is -0.822. The Morgan fingerprint density at radius 1 is 1.56 bits per heavy atom. The Hall–Kier alpha value is -2.12. The summed E-state index contributed by atoms with van der Waals surface area (Å²) in [6.45, 7) is 3.29. The van der Waals surface area contributed by atoms with Gasteiger partial charge in [0, 0.05) is 13.1 Å². The monoisotopic (exact) mass is 254 g/mol. The van der Waals surface area contributed by atoms with Crippen LogP contribution in [0.25, 0.3) is 0 Å². The van der Waals surface area contributed by atoms with Gasteiger partial charge in [-0.3, -0.25) is 4.79 Å². The molecular weight excluding hydrogens is 240 g/mol. The first kappa shape index (κ1) is 12.3. The Bertz CT molecular complexity index is 464. The number of carbonyl (C=O) groups is 1. The molecule has 2 rings (SSSR count). The highest BCUT2D eigenvalue weighted by Gasteiger charge is 2.31. The van der Waals surface area contributed by atoms with Crippen LogP contribution in [0.1, 0.15) is 30.3 Å². The first-order valence-electron chi connectivity index (χ1n) is 5.80. The van der Waals surface area contributed by atoms with Gasteiger partial charge in [-0.1, -0.05) is 0 Å². The number of nitrogens with one attached hydrogen (secondary N) is 1.